The Labute approximate surface area is 182 Å². The van der Waals surface area contributed by atoms with Crippen LogP contribution >= 0.6 is 11.8 Å². The SMILES string of the molecule is C=CCn1c(SC(C)/C(O)=C(\C#N)c2nc3ccccc3[nH]2)nc2ccccc2c1=O. The maximum absolute atomic E-state index is 12.9. The first-order valence-electron chi connectivity index (χ1n) is 9.59. The van der Waals surface area contributed by atoms with Crippen LogP contribution in [0.4, 0.5) is 0 Å². The number of allylic oxidation sites excluding steroid dienone is 2. The molecule has 0 aliphatic heterocycles. The van der Waals surface area contributed by atoms with Gasteiger partial charge in [-0.3, -0.25) is 9.36 Å². The molecule has 0 amide bonds. The molecule has 31 heavy (non-hydrogen) atoms. The Kier molecular flexibility index (Phi) is 5.60. The summed E-state index contributed by atoms with van der Waals surface area (Å²) in [7, 11) is 0. The van der Waals surface area contributed by atoms with Crippen LogP contribution in [0.5, 0.6) is 0 Å². The predicted octanol–water partition coefficient (Wildman–Crippen LogP) is 4.43. The number of aromatic amines is 1. The van der Waals surface area contributed by atoms with Crippen LogP contribution in [0.2, 0.25) is 0 Å². The number of hydrogen-bond donors (Lipinski definition) is 2. The maximum Gasteiger partial charge on any atom is 0.262 e. The van der Waals surface area contributed by atoms with E-state index >= 15 is 0 Å². The number of benzene rings is 2. The Balaban J connectivity index is 1.75. The molecule has 2 heterocycles. The number of aliphatic hydroxyl groups excluding tert-OH is 1. The molecule has 0 saturated carbocycles. The Morgan fingerprint density at radius 1 is 1.26 bits per heavy atom. The quantitative estimate of drug-likeness (QED) is 0.154. The van der Waals surface area contributed by atoms with Gasteiger partial charge in [0, 0.05) is 6.54 Å². The molecular formula is C23H19N5O2S. The van der Waals surface area contributed by atoms with E-state index in [1.165, 1.54) is 16.3 Å². The van der Waals surface area contributed by atoms with Crippen LogP contribution < -0.4 is 5.56 Å². The lowest BCUT2D eigenvalue weighted by Gasteiger charge is -2.15. The number of para-hydroxylation sites is 3. The highest BCUT2D eigenvalue weighted by molar-refractivity contribution is 7.99. The first-order chi connectivity index (χ1) is 15.0. The minimum absolute atomic E-state index is 0.0506. The summed E-state index contributed by atoms with van der Waals surface area (Å²) in [5.41, 5.74) is 1.92. The second-order valence-corrected chi connectivity index (χ2v) is 8.16. The number of aromatic nitrogens is 4. The summed E-state index contributed by atoms with van der Waals surface area (Å²) < 4.78 is 1.51. The summed E-state index contributed by atoms with van der Waals surface area (Å²) >= 11 is 1.20. The fourth-order valence-corrected chi connectivity index (χ4v) is 4.23. The largest absolute Gasteiger partial charge is 0.510 e. The molecule has 0 saturated heterocycles. The van der Waals surface area contributed by atoms with Crippen LogP contribution in [-0.2, 0) is 6.54 Å². The van der Waals surface area contributed by atoms with Gasteiger partial charge in [0.15, 0.2) is 11.0 Å². The minimum Gasteiger partial charge on any atom is -0.510 e. The molecule has 2 aromatic heterocycles. The van der Waals surface area contributed by atoms with Crippen molar-refractivity contribution in [1.29, 1.82) is 5.26 Å². The highest BCUT2D eigenvalue weighted by atomic mass is 32.2. The van der Waals surface area contributed by atoms with E-state index in [1.807, 2.05) is 36.4 Å². The van der Waals surface area contributed by atoms with Crippen molar-refractivity contribution in [2.45, 2.75) is 23.9 Å². The van der Waals surface area contributed by atoms with E-state index in [4.69, 9.17) is 0 Å². The van der Waals surface area contributed by atoms with Crippen LogP contribution in [0, 0.1) is 11.3 Å². The Bertz CT molecular complexity index is 1390. The molecule has 8 heteroatoms. The predicted molar refractivity (Wildman–Crippen MR) is 123 cm³/mol. The molecule has 0 spiro atoms. The molecule has 7 nitrogen and oxygen atoms in total. The van der Waals surface area contributed by atoms with Crippen molar-refractivity contribution in [3.8, 4) is 6.07 Å². The monoisotopic (exact) mass is 429 g/mol. The van der Waals surface area contributed by atoms with E-state index in [-0.39, 0.29) is 23.4 Å². The van der Waals surface area contributed by atoms with Gasteiger partial charge in [0.2, 0.25) is 0 Å². The topological polar surface area (TPSA) is 108 Å². The Morgan fingerprint density at radius 3 is 2.68 bits per heavy atom. The smallest absolute Gasteiger partial charge is 0.262 e. The van der Waals surface area contributed by atoms with E-state index in [0.717, 1.165) is 5.52 Å². The maximum atomic E-state index is 12.9. The van der Waals surface area contributed by atoms with Crippen molar-refractivity contribution in [1.82, 2.24) is 19.5 Å². The van der Waals surface area contributed by atoms with Gasteiger partial charge in [0.25, 0.3) is 5.56 Å². The number of fused-ring (bicyclic) bond motifs is 2. The Hall–Kier alpha value is -3.83. The Morgan fingerprint density at radius 2 is 1.97 bits per heavy atom. The second-order valence-electron chi connectivity index (χ2n) is 6.85. The van der Waals surface area contributed by atoms with Gasteiger partial charge >= 0.3 is 0 Å². The fraction of sp³-hybridized carbons (Fsp3) is 0.130. The molecule has 154 valence electrons. The lowest BCUT2D eigenvalue weighted by Crippen LogP contribution is -2.23. The summed E-state index contributed by atoms with van der Waals surface area (Å²) in [5, 5.41) is 21.0. The first kappa shape index (κ1) is 20.4. The third kappa shape index (κ3) is 3.83. The number of nitrogens with one attached hydrogen (secondary N) is 1. The summed E-state index contributed by atoms with van der Waals surface area (Å²) in [6.07, 6.45) is 1.62. The molecule has 0 aliphatic carbocycles. The summed E-state index contributed by atoms with van der Waals surface area (Å²) in [6, 6.07) is 16.5. The standard InChI is InChI=1S/C23H19N5O2S/c1-3-12-28-22(30)15-8-4-5-9-17(15)27-23(28)31-14(2)20(29)16(13-24)21-25-18-10-6-7-11-19(18)26-21/h3-11,14,29H,1,12H2,2H3,(H,25,26)/b20-16-. The van der Waals surface area contributed by atoms with Gasteiger partial charge in [0.05, 0.1) is 27.2 Å². The molecule has 4 rings (SSSR count). The highest BCUT2D eigenvalue weighted by Crippen LogP contribution is 2.30. The van der Waals surface area contributed by atoms with Gasteiger partial charge < -0.3 is 10.1 Å². The minimum atomic E-state index is -0.549. The van der Waals surface area contributed by atoms with Crippen molar-refractivity contribution in [3.63, 3.8) is 0 Å². The average molecular weight is 430 g/mol. The van der Waals surface area contributed by atoms with Crippen LogP contribution in [0.1, 0.15) is 12.7 Å². The van der Waals surface area contributed by atoms with Gasteiger partial charge in [-0.2, -0.15) is 5.26 Å². The molecule has 2 N–H and O–H groups in total. The van der Waals surface area contributed by atoms with Gasteiger partial charge in [-0.05, 0) is 31.2 Å². The van der Waals surface area contributed by atoms with Crippen molar-refractivity contribution in [3.05, 3.63) is 83.1 Å². The van der Waals surface area contributed by atoms with E-state index in [2.05, 4.69) is 21.5 Å². The number of H-pyrrole nitrogens is 1. The molecular weight excluding hydrogens is 410 g/mol. The van der Waals surface area contributed by atoms with Gasteiger partial charge in [-0.25, -0.2) is 9.97 Å². The van der Waals surface area contributed by atoms with Crippen LogP contribution in [0.15, 0.2) is 76.9 Å². The normalized spacial score (nSPS) is 13.0. The van der Waals surface area contributed by atoms with Gasteiger partial charge in [-0.1, -0.05) is 42.1 Å². The lowest BCUT2D eigenvalue weighted by atomic mass is 10.2. The molecule has 0 aliphatic rings. The van der Waals surface area contributed by atoms with E-state index in [1.54, 1.807) is 31.2 Å². The zero-order chi connectivity index (χ0) is 22.0. The summed E-state index contributed by atoms with van der Waals surface area (Å²) in [5.74, 6) is 0.155. The molecule has 0 bridgehead atoms. The van der Waals surface area contributed by atoms with Crippen LogP contribution in [0.3, 0.4) is 0 Å². The number of imidazole rings is 1. The van der Waals surface area contributed by atoms with E-state index < -0.39 is 5.25 Å². The molecule has 0 radical (unpaired) electrons. The van der Waals surface area contributed by atoms with Gasteiger partial charge in [0.1, 0.15) is 17.4 Å². The molecule has 4 aromatic rings. The third-order valence-corrected chi connectivity index (χ3v) is 5.90. The van der Waals surface area contributed by atoms with Crippen molar-refractivity contribution >= 4 is 39.3 Å². The summed E-state index contributed by atoms with van der Waals surface area (Å²) in [4.78, 5) is 25.0. The van der Waals surface area contributed by atoms with Gasteiger partial charge in [-0.15, -0.1) is 6.58 Å². The van der Waals surface area contributed by atoms with Crippen LogP contribution in [-0.4, -0.2) is 29.9 Å². The number of nitrogens with zero attached hydrogens (tertiary/aromatic N) is 4. The van der Waals surface area contributed by atoms with Crippen LogP contribution in [0.25, 0.3) is 27.5 Å². The number of hydrogen-bond acceptors (Lipinski definition) is 6. The number of nitriles is 1. The highest BCUT2D eigenvalue weighted by Gasteiger charge is 2.21. The van der Waals surface area contributed by atoms with Crippen molar-refractivity contribution < 1.29 is 5.11 Å². The lowest BCUT2D eigenvalue weighted by molar-refractivity contribution is 0.401. The molecule has 2 aromatic carbocycles. The van der Waals surface area contributed by atoms with E-state index in [0.29, 0.717) is 27.4 Å². The molecule has 0 fully saturated rings. The summed E-state index contributed by atoms with van der Waals surface area (Å²) in [6.45, 7) is 5.76. The average Bonchev–Trinajstić information content (AvgIpc) is 3.20. The third-order valence-electron chi connectivity index (χ3n) is 4.80. The zero-order valence-corrected chi connectivity index (χ0v) is 17.6. The fourth-order valence-electron chi connectivity index (χ4n) is 3.25. The number of thioether (sulfide) groups is 1. The first-order valence-corrected chi connectivity index (χ1v) is 10.5. The van der Waals surface area contributed by atoms with Crippen molar-refractivity contribution in [2.24, 2.45) is 0 Å². The van der Waals surface area contributed by atoms with Crippen molar-refractivity contribution in [2.75, 3.05) is 0 Å². The van der Waals surface area contributed by atoms with E-state index in [9.17, 15) is 15.2 Å². The number of rotatable bonds is 6. The second kappa shape index (κ2) is 8.50. The zero-order valence-electron chi connectivity index (χ0n) is 16.7. The molecule has 1 unspecified atom stereocenters. The number of aliphatic hydroxyl groups is 1. The molecule has 1 atom stereocenters.